The molecule has 20 heavy (non-hydrogen) atoms. The van der Waals surface area contributed by atoms with Gasteiger partial charge in [-0.1, -0.05) is 11.6 Å². The largest absolute Gasteiger partial charge is 0.493 e. The third-order valence-corrected chi connectivity index (χ3v) is 2.75. The van der Waals surface area contributed by atoms with E-state index in [0.29, 0.717) is 11.3 Å². The van der Waals surface area contributed by atoms with Crippen LogP contribution in [0.3, 0.4) is 0 Å². The van der Waals surface area contributed by atoms with Crippen molar-refractivity contribution in [2.45, 2.75) is 6.92 Å². The lowest BCUT2D eigenvalue weighted by atomic mass is 10.1. The van der Waals surface area contributed by atoms with Gasteiger partial charge in [0.1, 0.15) is 5.70 Å². The number of carbonyl (C=O) groups is 2. The fourth-order valence-corrected chi connectivity index (χ4v) is 1.80. The summed E-state index contributed by atoms with van der Waals surface area (Å²) in [6, 6.07) is 3.15. The van der Waals surface area contributed by atoms with Gasteiger partial charge >= 0.3 is 5.97 Å². The fourth-order valence-electron chi connectivity index (χ4n) is 1.51. The number of amides is 1. The van der Waals surface area contributed by atoms with Gasteiger partial charge in [0.05, 0.1) is 19.2 Å². The van der Waals surface area contributed by atoms with Crippen molar-refractivity contribution in [2.75, 3.05) is 14.2 Å². The van der Waals surface area contributed by atoms with Gasteiger partial charge in [0.2, 0.25) is 5.91 Å². The van der Waals surface area contributed by atoms with Crippen molar-refractivity contribution in [2.24, 2.45) is 0 Å². The molecule has 2 N–H and O–H groups in total. The van der Waals surface area contributed by atoms with Crippen molar-refractivity contribution in [3.63, 3.8) is 0 Å². The Kier molecular flexibility index (Phi) is 5.40. The van der Waals surface area contributed by atoms with E-state index in [1.807, 2.05) is 0 Å². The van der Waals surface area contributed by atoms with E-state index in [1.54, 1.807) is 12.1 Å². The minimum absolute atomic E-state index is 0.191. The van der Waals surface area contributed by atoms with Crippen molar-refractivity contribution in [1.29, 1.82) is 0 Å². The van der Waals surface area contributed by atoms with Crippen molar-refractivity contribution >= 4 is 29.6 Å². The molecule has 0 aliphatic carbocycles. The number of ether oxygens (including phenoxy) is 2. The molecular weight excluding hydrogens is 286 g/mol. The second-order valence-electron chi connectivity index (χ2n) is 3.75. The van der Waals surface area contributed by atoms with Gasteiger partial charge in [-0.15, -0.1) is 0 Å². The Balaban J connectivity index is 3.31. The smallest absolute Gasteiger partial charge is 0.352 e. The molecule has 0 heterocycles. The molecule has 0 aliphatic rings. The highest BCUT2D eigenvalue weighted by atomic mass is 35.5. The monoisotopic (exact) mass is 299 g/mol. The number of carboxylic acid groups (broad SMARTS) is 1. The third kappa shape index (κ3) is 3.64. The van der Waals surface area contributed by atoms with Crippen LogP contribution in [0, 0.1) is 0 Å². The molecule has 1 aromatic rings. The van der Waals surface area contributed by atoms with E-state index < -0.39 is 11.9 Å². The number of aliphatic carboxylic acids is 1. The molecule has 1 amide bonds. The van der Waals surface area contributed by atoms with E-state index in [0.717, 1.165) is 0 Å². The Morgan fingerprint density at radius 1 is 1.30 bits per heavy atom. The van der Waals surface area contributed by atoms with Gasteiger partial charge in [-0.2, -0.15) is 0 Å². The van der Waals surface area contributed by atoms with Crippen molar-refractivity contribution in [1.82, 2.24) is 5.32 Å². The van der Waals surface area contributed by atoms with Crippen LogP contribution < -0.4 is 14.8 Å². The van der Waals surface area contributed by atoms with Gasteiger partial charge in [-0.25, -0.2) is 4.79 Å². The summed E-state index contributed by atoms with van der Waals surface area (Å²) in [6.45, 7) is 1.22. The summed E-state index contributed by atoms with van der Waals surface area (Å²) < 4.78 is 10.2. The highest BCUT2D eigenvalue weighted by molar-refractivity contribution is 6.34. The van der Waals surface area contributed by atoms with Crippen LogP contribution in [0.15, 0.2) is 17.8 Å². The van der Waals surface area contributed by atoms with Gasteiger partial charge in [-0.3, -0.25) is 4.79 Å². The van der Waals surface area contributed by atoms with Crippen LogP contribution in [0.2, 0.25) is 5.02 Å². The number of carbonyl (C=O) groups excluding carboxylic acids is 1. The molecule has 1 aromatic carbocycles. The summed E-state index contributed by atoms with van der Waals surface area (Å²) in [6.07, 6.45) is 1.24. The maximum Gasteiger partial charge on any atom is 0.352 e. The second kappa shape index (κ2) is 6.81. The summed E-state index contributed by atoms with van der Waals surface area (Å²) >= 11 is 6.12. The molecule has 0 saturated heterocycles. The van der Waals surface area contributed by atoms with Crippen LogP contribution >= 0.6 is 11.6 Å². The molecule has 108 valence electrons. The lowest BCUT2D eigenvalue weighted by Crippen LogP contribution is -2.24. The molecule has 0 fully saturated rings. The predicted octanol–water partition coefficient (Wildman–Crippen LogP) is 1.92. The van der Waals surface area contributed by atoms with Crippen LogP contribution in [-0.4, -0.2) is 31.2 Å². The zero-order valence-corrected chi connectivity index (χ0v) is 11.9. The molecule has 0 atom stereocenters. The number of hydrogen-bond acceptors (Lipinski definition) is 4. The van der Waals surface area contributed by atoms with Crippen LogP contribution in [0.1, 0.15) is 12.5 Å². The molecule has 0 unspecified atom stereocenters. The summed E-state index contributed by atoms with van der Waals surface area (Å²) in [4.78, 5) is 22.0. The quantitative estimate of drug-likeness (QED) is 0.811. The van der Waals surface area contributed by atoms with E-state index in [1.165, 1.54) is 27.2 Å². The molecule has 0 bridgehead atoms. The molecule has 0 radical (unpaired) electrons. The lowest BCUT2D eigenvalue weighted by Gasteiger charge is -2.11. The van der Waals surface area contributed by atoms with Crippen molar-refractivity contribution < 1.29 is 24.2 Å². The molecule has 0 aromatic heterocycles. The van der Waals surface area contributed by atoms with Gasteiger partial charge in [0.15, 0.2) is 11.5 Å². The molecule has 1 rings (SSSR count). The number of nitrogens with one attached hydrogen (secondary N) is 1. The van der Waals surface area contributed by atoms with Crippen LogP contribution in [0.4, 0.5) is 0 Å². The zero-order valence-electron chi connectivity index (χ0n) is 11.2. The van der Waals surface area contributed by atoms with Crippen LogP contribution in [-0.2, 0) is 9.59 Å². The zero-order chi connectivity index (χ0) is 15.3. The number of rotatable bonds is 5. The first kappa shape index (κ1) is 15.8. The molecule has 0 saturated carbocycles. The van der Waals surface area contributed by atoms with Gasteiger partial charge < -0.3 is 19.9 Å². The minimum atomic E-state index is -1.27. The maximum atomic E-state index is 11.0. The molecular formula is C13H14ClNO5. The predicted molar refractivity (Wildman–Crippen MR) is 74.0 cm³/mol. The Morgan fingerprint density at radius 2 is 1.95 bits per heavy atom. The maximum absolute atomic E-state index is 11.0. The molecule has 6 nitrogen and oxygen atoms in total. The highest BCUT2D eigenvalue weighted by Gasteiger charge is 2.15. The first-order valence-corrected chi connectivity index (χ1v) is 5.91. The topological polar surface area (TPSA) is 84.9 Å². The van der Waals surface area contributed by atoms with Crippen molar-refractivity contribution in [3.05, 3.63) is 28.4 Å². The second-order valence-corrected chi connectivity index (χ2v) is 4.13. The van der Waals surface area contributed by atoms with Gasteiger partial charge in [0, 0.05) is 6.92 Å². The Labute approximate surface area is 120 Å². The van der Waals surface area contributed by atoms with E-state index >= 15 is 0 Å². The SMILES string of the molecule is COc1ccc(C=C(NC(C)=O)C(=O)O)c(Cl)c1OC. The van der Waals surface area contributed by atoms with Crippen molar-refractivity contribution in [3.8, 4) is 11.5 Å². The highest BCUT2D eigenvalue weighted by Crippen LogP contribution is 2.37. The standard InChI is InChI=1S/C13H14ClNO5/c1-7(16)15-9(13(17)18)6-8-4-5-10(19-2)12(20-3)11(8)14/h4-6H,1-3H3,(H,15,16)(H,17,18). The Morgan fingerprint density at radius 3 is 2.40 bits per heavy atom. The number of halogens is 1. The van der Waals surface area contributed by atoms with Gasteiger partial charge in [-0.05, 0) is 23.8 Å². The van der Waals surface area contributed by atoms with E-state index in [4.69, 9.17) is 26.2 Å². The molecule has 0 spiro atoms. The summed E-state index contributed by atoms with van der Waals surface area (Å²) in [5, 5.41) is 11.4. The van der Waals surface area contributed by atoms with Crippen LogP contribution in [0.25, 0.3) is 6.08 Å². The Bertz CT molecular complexity index is 568. The molecule has 7 heteroatoms. The number of hydrogen-bond donors (Lipinski definition) is 2. The normalized spacial score (nSPS) is 10.9. The fraction of sp³-hybridized carbons (Fsp3) is 0.231. The minimum Gasteiger partial charge on any atom is -0.493 e. The van der Waals surface area contributed by atoms with E-state index in [9.17, 15) is 9.59 Å². The van der Waals surface area contributed by atoms with Crippen LogP contribution in [0.5, 0.6) is 11.5 Å². The number of carboxylic acids is 1. The average molecular weight is 300 g/mol. The molecule has 0 aliphatic heterocycles. The summed E-state index contributed by atoms with van der Waals surface area (Å²) in [7, 11) is 2.88. The Hall–Kier alpha value is -2.21. The lowest BCUT2D eigenvalue weighted by molar-refractivity contribution is -0.134. The number of methoxy groups -OCH3 is 2. The summed E-state index contributed by atoms with van der Waals surface area (Å²) in [5.41, 5.74) is 0.0992. The summed E-state index contributed by atoms with van der Waals surface area (Å²) in [5.74, 6) is -1.05. The first-order chi connectivity index (χ1) is 9.40. The third-order valence-electron chi connectivity index (χ3n) is 2.36. The van der Waals surface area contributed by atoms with E-state index in [-0.39, 0.29) is 16.5 Å². The number of benzene rings is 1. The first-order valence-electron chi connectivity index (χ1n) is 5.53. The van der Waals surface area contributed by atoms with Gasteiger partial charge in [0.25, 0.3) is 0 Å². The average Bonchev–Trinajstić information content (AvgIpc) is 2.39. The van der Waals surface area contributed by atoms with E-state index in [2.05, 4.69) is 5.32 Å².